The minimum absolute atomic E-state index is 0.265. The molecule has 1 aliphatic heterocycles. The molecule has 1 heterocycles. The number of nitrogens with two attached hydrogens (primary N) is 1. The molecule has 0 aliphatic carbocycles. The molecule has 0 spiro atoms. The second-order valence-electron chi connectivity index (χ2n) is 5.74. The SMILES string of the molecule is CC(C)N1C(CCN)CN(C)CC1(C)C. The molecule has 0 bridgehead atoms. The Morgan fingerprint density at radius 3 is 2.47 bits per heavy atom. The fourth-order valence-corrected chi connectivity index (χ4v) is 3.29. The minimum Gasteiger partial charge on any atom is -0.330 e. The first-order valence-corrected chi connectivity index (χ1v) is 6.05. The normalized spacial score (nSPS) is 28.6. The van der Waals surface area contributed by atoms with E-state index in [2.05, 4.69) is 44.5 Å². The van der Waals surface area contributed by atoms with Crippen LogP contribution >= 0.6 is 0 Å². The molecule has 0 radical (unpaired) electrons. The zero-order valence-electron chi connectivity index (χ0n) is 11.0. The van der Waals surface area contributed by atoms with E-state index in [-0.39, 0.29) is 5.54 Å². The highest BCUT2D eigenvalue weighted by Gasteiger charge is 2.39. The zero-order chi connectivity index (χ0) is 11.6. The first-order chi connectivity index (χ1) is 6.88. The summed E-state index contributed by atoms with van der Waals surface area (Å²) in [4.78, 5) is 5.07. The Labute approximate surface area is 94.6 Å². The van der Waals surface area contributed by atoms with E-state index in [1.165, 1.54) is 0 Å². The maximum absolute atomic E-state index is 5.71. The summed E-state index contributed by atoms with van der Waals surface area (Å²) in [5, 5.41) is 0. The summed E-state index contributed by atoms with van der Waals surface area (Å²) in [5.41, 5.74) is 5.98. The number of nitrogens with zero attached hydrogens (tertiary/aromatic N) is 2. The molecule has 1 rings (SSSR count). The van der Waals surface area contributed by atoms with Crippen LogP contribution in [0.25, 0.3) is 0 Å². The topological polar surface area (TPSA) is 32.5 Å². The highest BCUT2D eigenvalue weighted by Crippen LogP contribution is 2.28. The van der Waals surface area contributed by atoms with Gasteiger partial charge in [-0.05, 0) is 47.7 Å². The quantitative estimate of drug-likeness (QED) is 0.763. The van der Waals surface area contributed by atoms with E-state index < -0.39 is 0 Å². The standard InChI is InChI=1S/C12H27N3/c1-10(2)15-11(6-7-13)8-14(5)9-12(15,3)4/h10-11H,6-9,13H2,1-5H3. The Hall–Kier alpha value is -0.120. The molecule has 1 fully saturated rings. The summed E-state index contributed by atoms with van der Waals surface area (Å²) in [6.45, 7) is 12.3. The van der Waals surface area contributed by atoms with Gasteiger partial charge in [-0.2, -0.15) is 0 Å². The van der Waals surface area contributed by atoms with E-state index in [1.807, 2.05) is 0 Å². The Balaban J connectivity index is 2.82. The second kappa shape index (κ2) is 4.81. The first-order valence-electron chi connectivity index (χ1n) is 6.05. The third-order valence-corrected chi connectivity index (χ3v) is 3.33. The Kier molecular flexibility index (Phi) is 4.15. The van der Waals surface area contributed by atoms with Crippen LogP contribution in [0, 0.1) is 0 Å². The van der Waals surface area contributed by atoms with E-state index in [0.717, 1.165) is 26.1 Å². The Morgan fingerprint density at radius 2 is 2.00 bits per heavy atom. The molecule has 1 saturated heterocycles. The molecule has 0 aromatic rings. The van der Waals surface area contributed by atoms with Gasteiger partial charge in [0.05, 0.1) is 0 Å². The maximum Gasteiger partial charge on any atom is 0.0286 e. The highest BCUT2D eigenvalue weighted by molar-refractivity contribution is 4.96. The molecular formula is C12H27N3. The monoisotopic (exact) mass is 213 g/mol. The summed E-state index contributed by atoms with van der Waals surface area (Å²) < 4.78 is 0. The van der Waals surface area contributed by atoms with Crippen LogP contribution < -0.4 is 5.73 Å². The van der Waals surface area contributed by atoms with Gasteiger partial charge < -0.3 is 10.6 Å². The molecule has 90 valence electrons. The number of piperazine rings is 1. The number of hydrogen-bond donors (Lipinski definition) is 1. The third-order valence-electron chi connectivity index (χ3n) is 3.33. The third kappa shape index (κ3) is 2.92. The van der Waals surface area contributed by atoms with Gasteiger partial charge in [-0.25, -0.2) is 0 Å². The number of hydrogen-bond acceptors (Lipinski definition) is 3. The molecular weight excluding hydrogens is 186 g/mol. The lowest BCUT2D eigenvalue weighted by Gasteiger charge is -2.53. The van der Waals surface area contributed by atoms with Crippen LogP contribution in [0.3, 0.4) is 0 Å². The zero-order valence-corrected chi connectivity index (χ0v) is 11.0. The lowest BCUT2D eigenvalue weighted by Crippen LogP contribution is -2.65. The molecule has 2 N–H and O–H groups in total. The molecule has 0 amide bonds. The van der Waals surface area contributed by atoms with Crippen LogP contribution in [0.4, 0.5) is 0 Å². The van der Waals surface area contributed by atoms with Gasteiger partial charge in [-0.1, -0.05) is 0 Å². The van der Waals surface area contributed by atoms with Crippen molar-refractivity contribution in [3.8, 4) is 0 Å². The van der Waals surface area contributed by atoms with E-state index in [1.54, 1.807) is 0 Å². The smallest absolute Gasteiger partial charge is 0.0286 e. The molecule has 3 nitrogen and oxygen atoms in total. The molecule has 1 atom stereocenters. The first kappa shape index (κ1) is 12.9. The lowest BCUT2D eigenvalue weighted by molar-refractivity contribution is -0.0392. The summed E-state index contributed by atoms with van der Waals surface area (Å²) in [5.74, 6) is 0. The van der Waals surface area contributed by atoms with Gasteiger partial charge in [-0.3, -0.25) is 4.90 Å². The van der Waals surface area contributed by atoms with E-state index in [0.29, 0.717) is 12.1 Å². The van der Waals surface area contributed by atoms with Crippen molar-refractivity contribution >= 4 is 0 Å². The molecule has 1 aliphatic rings. The van der Waals surface area contributed by atoms with Crippen LogP contribution in [0.15, 0.2) is 0 Å². The van der Waals surface area contributed by atoms with Crippen molar-refractivity contribution in [2.75, 3.05) is 26.7 Å². The van der Waals surface area contributed by atoms with Gasteiger partial charge in [0.15, 0.2) is 0 Å². The van der Waals surface area contributed by atoms with Crippen molar-refractivity contribution in [3.05, 3.63) is 0 Å². The van der Waals surface area contributed by atoms with Gasteiger partial charge >= 0.3 is 0 Å². The van der Waals surface area contributed by atoms with E-state index in [9.17, 15) is 0 Å². The van der Waals surface area contributed by atoms with Crippen LogP contribution in [0.5, 0.6) is 0 Å². The van der Waals surface area contributed by atoms with E-state index in [4.69, 9.17) is 5.73 Å². The van der Waals surface area contributed by atoms with Crippen LogP contribution in [0.2, 0.25) is 0 Å². The molecule has 15 heavy (non-hydrogen) atoms. The van der Waals surface area contributed by atoms with Crippen LogP contribution in [-0.4, -0.2) is 54.1 Å². The van der Waals surface area contributed by atoms with Crippen molar-refractivity contribution in [2.24, 2.45) is 5.73 Å². The fraction of sp³-hybridized carbons (Fsp3) is 1.00. The average Bonchev–Trinajstić information content (AvgIpc) is 1.99. The lowest BCUT2D eigenvalue weighted by atomic mass is 9.92. The van der Waals surface area contributed by atoms with Crippen LogP contribution in [-0.2, 0) is 0 Å². The maximum atomic E-state index is 5.71. The number of rotatable bonds is 3. The van der Waals surface area contributed by atoms with Crippen LogP contribution in [0.1, 0.15) is 34.1 Å². The molecule has 0 aromatic heterocycles. The van der Waals surface area contributed by atoms with Gasteiger partial charge in [0.25, 0.3) is 0 Å². The molecule has 3 heteroatoms. The number of likely N-dealkylation sites (N-methyl/N-ethyl adjacent to an activating group) is 1. The predicted molar refractivity (Wildman–Crippen MR) is 66.0 cm³/mol. The van der Waals surface area contributed by atoms with Gasteiger partial charge in [0.2, 0.25) is 0 Å². The largest absolute Gasteiger partial charge is 0.330 e. The van der Waals surface area contributed by atoms with Gasteiger partial charge in [0.1, 0.15) is 0 Å². The Morgan fingerprint density at radius 1 is 1.40 bits per heavy atom. The molecule has 0 aromatic carbocycles. The predicted octanol–water partition coefficient (Wildman–Crippen LogP) is 1.14. The summed E-state index contributed by atoms with van der Waals surface area (Å²) in [7, 11) is 2.21. The van der Waals surface area contributed by atoms with Gasteiger partial charge in [-0.15, -0.1) is 0 Å². The van der Waals surface area contributed by atoms with Crippen molar-refractivity contribution in [2.45, 2.75) is 51.7 Å². The van der Waals surface area contributed by atoms with Crippen molar-refractivity contribution in [1.82, 2.24) is 9.80 Å². The fourth-order valence-electron chi connectivity index (χ4n) is 3.29. The second-order valence-corrected chi connectivity index (χ2v) is 5.74. The van der Waals surface area contributed by atoms with Gasteiger partial charge in [0, 0.05) is 30.7 Å². The summed E-state index contributed by atoms with van der Waals surface area (Å²) >= 11 is 0. The minimum atomic E-state index is 0.265. The summed E-state index contributed by atoms with van der Waals surface area (Å²) in [6, 6.07) is 1.22. The summed E-state index contributed by atoms with van der Waals surface area (Å²) in [6.07, 6.45) is 1.10. The van der Waals surface area contributed by atoms with Crippen molar-refractivity contribution < 1.29 is 0 Å². The average molecular weight is 213 g/mol. The van der Waals surface area contributed by atoms with E-state index >= 15 is 0 Å². The highest BCUT2D eigenvalue weighted by atomic mass is 15.3. The Bertz CT molecular complexity index is 201. The van der Waals surface area contributed by atoms with Crippen molar-refractivity contribution in [1.29, 1.82) is 0 Å². The molecule has 0 saturated carbocycles. The van der Waals surface area contributed by atoms with Crippen molar-refractivity contribution in [3.63, 3.8) is 0 Å². The molecule has 1 unspecified atom stereocenters.